The molecule has 0 radical (unpaired) electrons. The first-order chi connectivity index (χ1) is 5.59. The van der Waals surface area contributed by atoms with Crippen LogP contribution in [0.2, 0.25) is 0 Å². The molecular formula is C9H7Br3. The van der Waals surface area contributed by atoms with Crippen molar-refractivity contribution in [2.45, 2.75) is 15.6 Å². The second-order valence-electron chi connectivity index (χ2n) is 3.07. The van der Waals surface area contributed by atoms with Gasteiger partial charge >= 0.3 is 0 Å². The average molecular weight is 355 g/mol. The van der Waals surface area contributed by atoms with Crippen molar-refractivity contribution in [3.05, 3.63) is 34.3 Å². The van der Waals surface area contributed by atoms with Crippen molar-refractivity contribution in [2.75, 3.05) is 0 Å². The molecule has 1 aliphatic rings. The molecule has 1 fully saturated rings. The highest BCUT2D eigenvalue weighted by atomic mass is 79.9. The van der Waals surface area contributed by atoms with Crippen LogP contribution in [0.4, 0.5) is 0 Å². The second-order valence-corrected chi connectivity index (χ2v) is 7.88. The molecule has 64 valence electrons. The van der Waals surface area contributed by atoms with Gasteiger partial charge < -0.3 is 0 Å². The number of halogens is 3. The minimum Gasteiger partial charge on any atom is -0.0720 e. The van der Waals surface area contributed by atoms with Crippen LogP contribution >= 0.6 is 47.8 Å². The predicted molar refractivity (Wildman–Crippen MR) is 62.1 cm³/mol. The zero-order chi connectivity index (χ0) is 8.77. The Labute approximate surface area is 97.1 Å². The third kappa shape index (κ3) is 1.78. The van der Waals surface area contributed by atoms with Gasteiger partial charge in [-0.05, 0) is 24.1 Å². The van der Waals surface area contributed by atoms with E-state index in [4.69, 9.17) is 0 Å². The average Bonchev–Trinajstić information content (AvgIpc) is 2.61. The van der Waals surface area contributed by atoms with Crippen molar-refractivity contribution in [1.29, 1.82) is 0 Å². The van der Waals surface area contributed by atoms with Gasteiger partial charge in [-0.25, -0.2) is 0 Å². The first kappa shape index (κ1) is 9.22. The molecule has 0 spiro atoms. The highest BCUT2D eigenvalue weighted by Gasteiger charge is 2.50. The second kappa shape index (κ2) is 3.10. The maximum Gasteiger partial charge on any atom is 0.0881 e. The fraction of sp³-hybridized carbons (Fsp3) is 0.333. The Bertz CT molecular complexity index is 289. The maximum absolute atomic E-state index is 3.61. The number of benzene rings is 1. The Kier molecular flexibility index (Phi) is 2.39. The Hall–Kier alpha value is 0.660. The van der Waals surface area contributed by atoms with Crippen molar-refractivity contribution in [3.63, 3.8) is 0 Å². The Morgan fingerprint density at radius 2 is 1.67 bits per heavy atom. The van der Waals surface area contributed by atoms with E-state index in [2.05, 4.69) is 72.1 Å². The molecule has 0 nitrogen and oxygen atoms in total. The fourth-order valence-corrected chi connectivity index (χ4v) is 2.71. The third-order valence-corrected chi connectivity index (χ3v) is 4.38. The van der Waals surface area contributed by atoms with E-state index in [-0.39, 0.29) is 3.23 Å². The van der Waals surface area contributed by atoms with Crippen LogP contribution in [0.5, 0.6) is 0 Å². The molecule has 3 heteroatoms. The van der Waals surface area contributed by atoms with Gasteiger partial charge in [0.1, 0.15) is 0 Å². The number of rotatable bonds is 1. The molecule has 1 saturated carbocycles. The monoisotopic (exact) mass is 352 g/mol. The van der Waals surface area contributed by atoms with Gasteiger partial charge in [-0.1, -0.05) is 59.9 Å². The molecule has 2 rings (SSSR count). The smallest absolute Gasteiger partial charge is 0.0720 e. The minimum absolute atomic E-state index is 0.174. The van der Waals surface area contributed by atoms with Crippen molar-refractivity contribution in [2.24, 2.45) is 0 Å². The number of hydrogen-bond acceptors (Lipinski definition) is 0. The van der Waals surface area contributed by atoms with Crippen LogP contribution in [-0.2, 0) is 0 Å². The molecule has 0 saturated heterocycles. The van der Waals surface area contributed by atoms with Crippen LogP contribution in [0, 0.1) is 0 Å². The largest absolute Gasteiger partial charge is 0.0881 e. The lowest BCUT2D eigenvalue weighted by atomic mass is 10.1. The summed E-state index contributed by atoms with van der Waals surface area (Å²) in [6, 6.07) is 8.51. The Balaban J connectivity index is 2.21. The van der Waals surface area contributed by atoms with Gasteiger partial charge in [-0.15, -0.1) is 0 Å². The SMILES string of the molecule is Brc1ccc(C2CC2(Br)Br)cc1. The van der Waals surface area contributed by atoms with E-state index in [1.165, 1.54) is 12.0 Å². The van der Waals surface area contributed by atoms with Crippen LogP contribution in [-0.4, -0.2) is 3.23 Å². The molecule has 0 N–H and O–H groups in total. The van der Waals surface area contributed by atoms with E-state index in [1.54, 1.807) is 0 Å². The highest BCUT2D eigenvalue weighted by Crippen LogP contribution is 2.62. The summed E-state index contributed by atoms with van der Waals surface area (Å²) in [7, 11) is 0. The van der Waals surface area contributed by atoms with Crippen molar-refractivity contribution in [3.8, 4) is 0 Å². The summed E-state index contributed by atoms with van der Waals surface area (Å²) in [5, 5.41) is 0. The predicted octanol–water partition coefficient (Wildman–Crippen LogP) is 4.42. The minimum atomic E-state index is 0.174. The summed E-state index contributed by atoms with van der Waals surface area (Å²) in [5.41, 5.74) is 1.40. The van der Waals surface area contributed by atoms with E-state index in [0.717, 1.165) is 4.47 Å². The van der Waals surface area contributed by atoms with E-state index in [9.17, 15) is 0 Å². The standard InChI is InChI=1S/C9H7Br3/c10-7-3-1-6(2-4-7)8-5-9(8,11)12/h1-4,8H,5H2. The topological polar surface area (TPSA) is 0 Å². The van der Waals surface area contributed by atoms with E-state index >= 15 is 0 Å². The molecule has 0 bridgehead atoms. The van der Waals surface area contributed by atoms with Crippen LogP contribution in [0.25, 0.3) is 0 Å². The summed E-state index contributed by atoms with van der Waals surface area (Å²) in [6.07, 6.45) is 1.18. The molecule has 1 aromatic rings. The summed E-state index contributed by atoms with van der Waals surface area (Å²) in [4.78, 5) is 0. The molecule has 12 heavy (non-hydrogen) atoms. The normalized spacial score (nSPS) is 25.4. The van der Waals surface area contributed by atoms with Crippen molar-refractivity contribution < 1.29 is 0 Å². The van der Waals surface area contributed by atoms with E-state index in [1.807, 2.05) is 0 Å². The first-order valence-electron chi connectivity index (χ1n) is 3.73. The van der Waals surface area contributed by atoms with Crippen molar-refractivity contribution in [1.82, 2.24) is 0 Å². The molecule has 1 atom stereocenters. The van der Waals surface area contributed by atoms with E-state index < -0.39 is 0 Å². The van der Waals surface area contributed by atoms with Gasteiger partial charge in [0.25, 0.3) is 0 Å². The summed E-state index contributed by atoms with van der Waals surface area (Å²) >= 11 is 10.6. The molecule has 0 amide bonds. The molecule has 1 aliphatic carbocycles. The quantitative estimate of drug-likeness (QED) is 0.655. The lowest BCUT2D eigenvalue weighted by molar-refractivity contribution is 1.13. The Morgan fingerprint density at radius 3 is 2.08 bits per heavy atom. The van der Waals surface area contributed by atoms with Gasteiger partial charge in [-0.2, -0.15) is 0 Å². The van der Waals surface area contributed by atoms with Gasteiger partial charge in [0.15, 0.2) is 0 Å². The molecular weight excluding hydrogens is 348 g/mol. The first-order valence-corrected chi connectivity index (χ1v) is 6.11. The van der Waals surface area contributed by atoms with Crippen LogP contribution in [0.3, 0.4) is 0 Å². The zero-order valence-electron chi connectivity index (χ0n) is 6.23. The number of hydrogen-bond donors (Lipinski definition) is 0. The van der Waals surface area contributed by atoms with Gasteiger partial charge in [0.05, 0.1) is 3.23 Å². The van der Waals surface area contributed by atoms with Gasteiger partial charge in [0.2, 0.25) is 0 Å². The number of alkyl halides is 2. The van der Waals surface area contributed by atoms with Crippen LogP contribution in [0.15, 0.2) is 28.7 Å². The molecule has 1 aromatic carbocycles. The van der Waals surface area contributed by atoms with Crippen LogP contribution < -0.4 is 0 Å². The molecule has 0 heterocycles. The lowest BCUT2D eigenvalue weighted by Crippen LogP contribution is -1.87. The highest BCUT2D eigenvalue weighted by molar-refractivity contribution is 9.25. The third-order valence-electron chi connectivity index (χ3n) is 2.10. The molecule has 0 aliphatic heterocycles. The zero-order valence-corrected chi connectivity index (χ0v) is 11.0. The summed E-state index contributed by atoms with van der Waals surface area (Å²) < 4.78 is 1.31. The maximum atomic E-state index is 3.61. The Morgan fingerprint density at radius 1 is 1.17 bits per heavy atom. The summed E-state index contributed by atoms with van der Waals surface area (Å²) in [5.74, 6) is 0.630. The summed E-state index contributed by atoms with van der Waals surface area (Å²) in [6.45, 7) is 0. The lowest BCUT2D eigenvalue weighted by Gasteiger charge is -2.00. The van der Waals surface area contributed by atoms with E-state index in [0.29, 0.717) is 5.92 Å². The fourth-order valence-electron chi connectivity index (χ4n) is 1.27. The molecule has 1 unspecified atom stereocenters. The van der Waals surface area contributed by atoms with Crippen LogP contribution in [0.1, 0.15) is 17.9 Å². The molecule has 0 aromatic heterocycles. The van der Waals surface area contributed by atoms with Gasteiger partial charge in [0, 0.05) is 10.4 Å². The van der Waals surface area contributed by atoms with Gasteiger partial charge in [-0.3, -0.25) is 0 Å². The van der Waals surface area contributed by atoms with Crippen molar-refractivity contribution >= 4 is 47.8 Å².